The Hall–Kier alpha value is -4.40. The Labute approximate surface area is 214 Å². The number of halogens is 1. The van der Waals surface area contributed by atoms with Crippen molar-refractivity contribution >= 4 is 18.0 Å². The molecule has 0 heterocycles. The first-order chi connectivity index (χ1) is 17.9. The zero-order valence-electron chi connectivity index (χ0n) is 20.7. The highest BCUT2D eigenvalue weighted by Crippen LogP contribution is 2.25. The molecule has 3 aromatic carbocycles. The van der Waals surface area contributed by atoms with Crippen molar-refractivity contribution in [3.05, 3.63) is 101 Å². The number of esters is 1. The van der Waals surface area contributed by atoms with E-state index in [-0.39, 0.29) is 31.1 Å². The lowest BCUT2D eigenvalue weighted by Crippen LogP contribution is -2.49. The zero-order valence-corrected chi connectivity index (χ0v) is 20.7. The molecule has 8 nitrogen and oxygen atoms in total. The van der Waals surface area contributed by atoms with Gasteiger partial charge >= 0.3 is 12.1 Å². The Morgan fingerprint density at radius 2 is 1.49 bits per heavy atom. The summed E-state index contributed by atoms with van der Waals surface area (Å²) in [5, 5.41) is 4.99. The average Bonchev–Trinajstić information content (AvgIpc) is 2.93. The van der Waals surface area contributed by atoms with Crippen molar-refractivity contribution in [2.24, 2.45) is 0 Å². The molecule has 0 bridgehead atoms. The first kappa shape index (κ1) is 27.2. The maximum Gasteiger partial charge on any atom is 0.408 e. The second kappa shape index (κ2) is 13.6. The topological polar surface area (TPSA) is 103 Å². The Kier molecular flexibility index (Phi) is 10.0. The number of carbonyl (C=O) groups excluding carboxylic acids is 3. The number of carbonyl (C=O) groups is 3. The SMILES string of the molecule is CCc1cc(C(=O)NC[C@@H](NC(=O)OCc2ccccc2)C(=O)OCc2ccccc2)cc(F)c1OC. The molecule has 0 aromatic heterocycles. The third kappa shape index (κ3) is 8.06. The van der Waals surface area contributed by atoms with Crippen LogP contribution in [0.5, 0.6) is 5.75 Å². The van der Waals surface area contributed by atoms with Gasteiger partial charge in [-0.3, -0.25) is 4.79 Å². The third-order valence-corrected chi connectivity index (χ3v) is 5.45. The van der Waals surface area contributed by atoms with Crippen LogP contribution in [0.2, 0.25) is 0 Å². The van der Waals surface area contributed by atoms with Gasteiger partial charge in [0, 0.05) is 12.1 Å². The average molecular weight is 509 g/mol. The molecule has 0 aliphatic heterocycles. The van der Waals surface area contributed by atoms with E-state index in [1.165, 1.54) is 13.2 Å². The van der Waals surface area contributed by atoms with Gasteiger partial charge in [-0.2, -0.15) is 0 Å². The number of aryl methyl sites for hydroxylation is 1. The molecule has 37 heavy (non-hydrogen) atoms. The van der Waals surface area contributed by atoms with E-state index in [9.17, 15) is 18.8 Å². The molecular formula is C28H29FN2O6. The first-order valence-electron chi connectivity index (χ1n) is 11.7. The van der Waals surface area contributed by atoms with Gasteiger partial charge in [0.25, 0.3) is 5.91 Å². The predicted molar refractivity (Wildman–Crippen MR) is 134 cm³/mol. The number of ether oxygens (including phenoxy) is 3. The van der Waals surface area contributed by atoms with Crippen LogP contribution in [-0.4, -0.2) is 37.7 Å². The number of rotatable bonds is 11. The lowest BCUT2D eigenvalue weighted by molar-refractivity contribution is -0.147. The van der Waals surface area contributed by atoms with Crippen LogP contribution < -0.4 is 15.4 Å². The minimum Gasteiger partial charge on any atom is -0.493 e. The maximum atomic E-state index is 14.4. The number of hydrogen-bond acceptors (Lipinski definition) is 6. The van der Waals surface area contributed by atoms with E-state index in [2.05, 4.69) is 10.6 Å². The fraction of sp³-hybridized carbons (Fsp3) is 0.250. The molecule has 0 unspecified atom stereocenters. The lowest BCUT2D eigenvalue weighted by Gasteiger charge is -2.19. The molecule has 0 spiro atoms. The number of hydrogen-bond donors (Lipinski definition) is 2. The van der Waals surface area contributed by atoms with Gasteiger partial charge in [-0.05, 0) is 35.2 Å². The molecule has 3 rings (SSSR count). The van der Waals surface area contributed by atoms with Crippen molar-refractivity contribution in [2.45, 2.75) is 32.6 Å². The van der Waals surface area contributed by atoms with Crippen LogP contribution in [0, 0.1) is 5.82 Å². The van der Waals surface area contributed by atoms with E-state index >= 15 is 0 Å². The molecule has 0 saturated heterocycles. The van der Waals surface area contributed by atoms with E-state index < -0.39 is 29.8 Å². The predicted octanol–water partition coefficient (Wildman–Crippen LogP) is 4.16. The fourth-order valence-electron chi connectivity index (χ4n) is 3.50. The summed E-state index contributed by atoms with van der Waals surface area (Å²) in [5.41, 5.74) is 2.10. The molecular weight excluding hydrogens is 479 g/mol. The number of amides is 2. The first-order valence-corrected chi connectivity index (χ1v) is 11.7. The van der Waals surface area contributed by atoms with Crippen molar-refractivity contribution in [3.63, 3.8) is 0 Å². The van der Waals surface area contributed by atoms with E-state index in [0.29, 0.717) is 12.0 Å². The third-order valence-electron chi connectivity index (χ3n) is 5.45. The molecule has 1 atom stereocenters. The molecule has 0 fully saturated rings. The quantitative estimate of drug-likeness (QED) is 0.377. The van der Waals surface area contributed by atoms with Gasteiger partial charge in [-0.1, -0.05) is 67.6 Å². The molecule has 2 N–H and O–H groups in total. The van der Waals surface area contributed by atoms with Crippen LogP contribution in [-0.2, 0) is 33.9 Å². The summed E-state index contributed by atoms with van der Waals surface area (Å²) >= 11 is 0. The summed E-state index contributed by atoms with van der Waals surface area (Å²) < 4.78 is 30.0. The Bertz CT molecular complexity index is 1200. The molecule has 0 aliphatic carbocycles. The van der Waals surface area contributed by atoms with E-state index in [0.717, 1.165) is 17.2 Å². The molecule has 3 aromatic rings. The minimum absolute atomic E-state index is 0.00423. The summed E-state index contributed by atoms with van der Waals surface area (Å²) in [4.78, 5) is 37.9. The van der Waals surface area contributed by atoms with Crippen molar-refractivity contribution in [1.29, 1.82) is 0 Å². The molecule has 194 valence electrons. The van der Waals surface area contributed by atoms with Gasteiger partial charge in [0.2, 0.25) is 0 Å². The van der Waals surface area contributed by atoms with Crippen LogP contribution in [0.1, 0.15) is 34.0 Å². The monoisotopic (exact) mass is 508 g/mol. The largest absolute Gasteiger partial charge is 0.493 e. The lowest BCUT2D eigenvalue weighted by atomic mass is 10.1. The van der Waals surface area contributed by atoms with Crippen molar-refractivity contribution < 1.29 is 33.0 Å². The van der Waals surface area contributed by atoms with Gasteiger partial charge in [-0.15, -0.1) is 0 Å². The smallest absolute Gasteiger partial charge is 0.408 e. The molecule has 0 radical (unpaired) electrons. The Balaban J connectivity index is 1.67. The molecule has 2 amide bonds. The Morgan fingerprint density at radius 3 is 2.05 bits per heavy atom. The van der Waals surface area contributed by atoms with Crippen LogP contribution in [0.3, 0.4) is 0 Å². The van der Waals surface area contributed by atoms with Gasteiger partial charge in [0.1, 0.15) is 19.3 Å². The normalized spacial score (nSPS) is 11.2. The zero-order chi connectivity index (χ0) is 26.6. The van der Waals surface area contributed by atoms with Crippen molar-refractivity contribution in [3.8, 4) is 5.75 Å². The van der Waals surface area contributed by atoms with Gasteiger partial charge in [0.15, 0.2) is 11.6 Å². The summed E-state index contributed by atoms with van der Waals surface area (Å²) in [6.45, 7) is 1.48. The fourth-order valence-corrected chi connectivity index (χ4v) is 3.50. The van der Waals surface area contributed by atoms with Crippen molar-refractivity contribution in [1.82, 2.24) is 10.6 Å². The van der Waals surface area contributed by atoms with Crippen LogP contribution in [0.4, 0.5) is 9.18 Å². The molecule has 0 saturated carbocycles. The van der Waals surface area contributed by atoms with Crippen molar-refractivity contribution in [2.75, 3.05) is 13.7 Å². The Morgan fingerprint density at radius 1 is 0.892 bits per heavy atom. The standard InChI is InChI=1S/C28H29FN2O6/c1-3-21-14-22(15-23(29)25(21)35-2)26(32)30-16-24(27(33)36-17-19-10-6-4-7-11-19)31-28(34)37-18-20-12-8-5-9-13-20/h4-15,24H,3,16-18H2,1-2H3,(H,30,32)(H,31,34)/t24-/m1/s1. The van der Waals surface area contributed by atoms with Gasteiger partial charge in [-0.25, -0.2) is 14.0 Å². The molecule has 0 aliphatic rings. The van der Waals surface area contributed by atoms with Gasteiger partial charge in [0.05, 0.1) is 7.11 Å². The second-order valence-corrected chi connectivity index (χ2v) is 8.07. The summed E-state index contributed by atoms with van der Waals surface area (Å²) in [6.07, 6.45) is -0.409. The highest BCUT2D eigenvalue weighted by molar-refractivity contribution is 5.95. The summed E-state index contributed by atoms with van der Waals surface area (Å²) in [7, 11) is 1.35. The van der Waals surface area contributed by atoms with E-state index in [1.807, 2.05) is 31.2 Å². The van der Waals surface area contributed by atoms with Crippen LogP contribution in [0.15, 0.2) is 72.8 Å². The van der Waals surface area contributed by atoms with E-state index in [1.54, 1.807) is 36.4 Å². The number of methoxy groups -OCH3 is 1. The van der Waals surface area contributed by atoms with E-state index in [4.69, 9.17) is 14.2 Å². The van der Waals surface area contributed by atoms with Crippen LogP contribution in [0.25, 0.3) is 0 Å². The second-order valence-electron chi connectivity index (χ2n) is 8.07. The number of alkyl carbamates (subject to hydrolysis) is 1. The number of nitrogens with one attached hydrogen (secondary N) is 2. The number of benzene rings is 3. The van der Waals surface area contributed by atoms with Gasteiger partial charge < -0.3 is 24.8 Å². The highest BCUT2D eigenvalue weighted by atomic mass is 19.1. The van der Waals surface area contributed by atoms with Crippen LogP contribution >= 0.6 is 0 Å². The summed E-state index contributed by atoms with van der Waals surface area (Å²) in [5.74, 6) is -2.00. The highest BCUT2D eigenvalue weighted by Gasteiger charge is 2.25. The maximum absolute atomic E-state index is 14.4. The molecule has 9 heteroatoms. The summed E-state index contributed by atoms with van der Waals surface area (Å²) in [6, 6.07) is 19.4. The minimum atomic E-state index is -1.25.